The first kappa shape index (κ1) is 11.9. The van der Waals surface area contributed by atoms with Crippen molar-refractivity contribution in [2.24, 2.45) is 0 Å². The van der Waals surface area contributed by atoms with Gasteiger partial charge in [0.1, 0.15) is 5.82 Å². The van der Waals surface area contributed by atoms with Crippen LogP contribution in [0.1, 0.15) is 18.4 Å². The first-order chi connectivity index (χ1) is 8.20. The normalized spacial score (nSPS) is 19.4. The average molecular weight is 235 g/mol. The van der Waals surface area contributed by atoms with Crippen LogP contribution in [0.15, 0.2) is 18.3 Å². The number of pyridine rings is 1. The largest absolute Gasteiger partial charge is 0.394 e. The highest BCUT2D eigenvalue weighted by atomic mass is 16.3. The van der Waals surface area contributed by atoms with Crippen LogP contribution in [0.4, 0.5) is 10.6 Å². The molecule has 0 spiro atoms. The van der Waals surface area contributed by atoms with E-state index in [0.717, 1.165) is 18.4 Å². The van der Waals surface area contributed by atoms with Gasteiger partial charge in [0.15, 0.2) is 0 Å². The van der Waals surface area contributed by atoms with Gasteiger partial charge >= 0.3 is 6.03 Å². The summed E-state index contributed by atoms with van der Waals surface area (Å²) in [4.78, 5) is 17.7. The zero-order valence-corrected chi connectivity index (χ0v) is 9.89. The van der Waals surface area contributed by atoms with Crippen molar-refractivity contribution in [2.75, 3.05) is 18.5 Å². The van der Waals surface area contributed by atoms with Crippen molar-refractivity contribution in [3.05, 3.63) is 23.9 Å². The van der Waals surface area contributed by atoms with Crippen LogP contribution in [-0.2, 0) is 0 Å². The number of hydrogen-bond acceptors (Lipinski definition) is 3. The molecule has 2 rings (SSSR count). The fourth-order valence-electron chi connectivity index (χ4n) is 2.08. The van der Waals surface area contributed by atoms with Gasteiger partial charge in [0.2, 0.25) is 0 Å². The van der Waals surface area contributed by atoms with Crippen LogP contribution in [0.25, 0.3) is 0 Å². The zero-order chi connectivity index (χ0) is 12.3. The highest BCUT2D eigenvalue weighted by Crippen LogP contribution is 2.18. The van der Waals surface area contributed by atoms with Gasteiger partial charge in [-0.2, -0.15) is 0 Å². The number of aromatic nitrogens is 1. The molecule has 1 aliphatic rings. The van der Waals surface area contributed by atoms with Crippen LogP contribution < -0.4 is 5.32 Å². The van der Waals surface area contributed by atoms with E-state index in [1.54, 1.807) is 11.1 Å². The number of nitrogens with one attached hydrogen (secondary N) is 1. The van der Waals surface area contributed by atoms with E-state index in [1.807, 2.05) is 19.1 Å². The molecule has 17 heavy (non-hydrogen) atoms. The van der Waals surface area contributed by atoms with Gasteiger partial charge in [-0.15, -0.1) is 0 Å². The molecule has 1 fully saturated rings. The topological polar surface area (TPSA) is 65.5 Å². The highest BCUT2D eigenvalue weighted by molar-refractivity contribution is 5.88. The Kier molecular flexibility index (Phi) is 3.58. The molecule has 1 aromatic heterocycles. The minimum Gasteiger partial charge on any atom is -0.394 e. The Balaban J connectivity index is 2.01. The molecular formula is C12H17N3O2. The number of amides is 2. The molecule has 92 valence electrons. The monoisotopic (exact) mass is 235 g/mol. The lowest BCUT2D eigenvalue weighted by atomic mass is 10.2. The summed E-state index contributed by atoms with van der Waals surface area (Å²) in [6.07, 6.45) is 3.48. The lowest BCUT2D eigenvalue weighted by molar-refractivity contribution is 0.166. The fourth-order valence-corrected chi connectivity index (χ4v) is 2.08. The van der Waals surface area contributed by atoms with Gasteiger partial charge in [-0.3, -0.25) is 5.32 Å². The third kappa shape index (κ3) is 2.74. The zero-order valence-electron chi connectivity index (χ0n) is 9.89. The third-order valence-electron chi connectivity index (χ3n) is 3.00. The van der Waals surface area contributed by atoms with Crippen molar-refractivity contribution >= 4 is 11.8 Å². The summed E-state index contributed by atoms with van der Waals surface area (Å²) in [5.41, 5.74) is 1.05. The molecule has 2 heterocycles. The Hall–Kier alpha value is -1.62. The van der Waals surface area contributed by atoms with Crippen LogP contribution >= 0.6 is 0 Å². The smallest absolute Gasteiger partial charge is 0.323 e. The molecule has 2 amide bonds. The highest BCUT2D eigenvalue weighted by Gasteiger charge is 2.28. The van der Waals surface area contributed by atoms with E-state index in [2.05, 4.69) is 10.3 Å². The van der Waals surface area contributed by atoms with Crippen molar-refractivity contribution in [1.29, 1.82) is 0 Å². The Bertz CT molecular complexity index is 408. The van der Waals surface area contributed by atoms with Crippen LogP contribution in [0.5, 0.6) is 0 Å². The predicted molar refractivity (Wildman–Crippen MR) is 64.8 cm³/mol. The Morgan fingerprint density at radius 1 is 1.71 bits per heavy atom. The molecule has 2 N–H and O–H groups in total. The molecule has 0 bridgehead atoms. The van der Waals surface area contributed by atoms with Gasteiger partial charge in [-0.25, -0.2) is 9.78 Å². The number of carbonyl (C=O) groups is 1. The van der Waals surface area contributed by atoms with Gasteiger partial charge in [0.25, 0.3) is 0 Å². The summed E-state index contributed by atoms with van der Waals surface area (Å²) in [6, 6.07) is 3.46. The van der Waals surface area contributed by atoms with Crippen LogP contribution in [0, 0.1) is 6.92 Å². The number of carbonyl (C=O) groups excluding carboxylic acids is 1. The lowest BCUT2D eigenvalue weighted by Gasteiger charge is -2.23. The number of urea groups is 1. The van der Waals surface area contributed by atoms with Gasteiger partial charge in [-0.05, 0) is 37.5 Å². The summed E-state index contributed by atoms with van der Waals surface area (Å²) < 4.78 is 0. The fraction of sp³-hybridized carbons (Fsp3) is 0.500. The second-order valence-electron chi connectivity index (χ2n) is 4.32. The predicted octanol–water partition coefficient (Wildman–Crippen LogP) is 1.38. The molecule has 5 nitrogen and oxygen atoms in total. The molecule has 0 aliphatic carbocycles. The van der Waals surface area contributed by atoms with E-state index in [9.17, 15) is 4.79 Å². The van der Waals surface area contributed by atoms with Crippen LogP contribution in [-0.4, -0.2) is 40.2 Å². The third-order valence-corrected chi connectivity index (χ3v) is 3.00. The molecule has 1 atom stereocenters. The maximum atomic E-state index is 12.0. The molecule has 1 saturated heterocycles. The number of rotatable bonds is 2. The van der Waals surface area contributed by atoms with E-state index in [1.165, 1.54) is 0 Å². The Morgan fingerprint density at radius 2 is 2.53 bits per heavy atom. The van der Waals surface area contributed by atoms with E-state index in [4.69, 9.17) is 5.11 Å². The minimum absolute atomic E-state index is 0.0225. The van der Waals surface area contributed by atoms with Crippen molar-refractivity contribution in [3.8, 4) is 0 Å². The van der Waals surface area contributed by atoms with Gasteiger partial charge in [-0.1, -0.05) is 0 Å². The summed E-state index contributed by atoms with van der Waals surface area (Å²) in [6.45, 7) is 2.67. The van der Waals surface area contributed by atoms with E-state index >= 15 is 0 Å². The molecule has 0 aromatic carbocycles. The van der Waals surface area contributed by atoms with Crippen molar-refractivity contribution < 1.29 is 9.90 Å². The molecule has 0 saturated carbocycles. The van der Waals surface area contributed by atoms with Crippen LogP contribution in [0.3, 0.4) is 0 Å². The summed E-state index contributed by atoms with van der Waals surface area (Å²) in [7, 11) is 0. The number of aryl methyl sites for hydroxylation is 1. The van der Waals surface area contributed by atoms with Crippen molar-refractivity contribution in [1.82, 2.24) is 9.88 Å². The standard InChI is InChI=1S/C12H17N3O2/c1-9-4-5-13-11(7-9)14-12(17)15-6-2-3-10(15)8-16/h4-5,7,10,16H,2-3,6,8H2,1H3,(H,13,14,17). The number of nitrogens with zero attached hydrogens (tertiary/aromatic N) is 2. The van der Waals surface area contributed by atoms with E-state index in [-0.39, 0.29) is 18.7 Å². The SMILES string of the molecule is Cc1ccnc(NC(=O)N2CCCC2CO)c1. The molecule has 1 aromatic rings. The number of anilines is 1. The second-order valence-corrected chi connectivity index (χ2v) is 4.32. The van der Waals surface area contributed by atoms with Gasteiger partial charge in [0, 0.05) is 12.7 Å². The number of aliphatic hydroxyl groups excluding tert-OH is 1. The summed E-state index contributed by atoms with van der Waals surface area (Å²) in [5, 5.41) is 11.9. The minimum atomic E-state index is -0.181. The average Bonchev–Trinajstić information content (AvgIpc) is 2.77. The Labute approximate surface area is 100 Å². The number of hydrogen-bond donors (Lipinski definition) is 2. The summed E-state index contributed by atoms with van der Waals surface area (Å²) in [5.74, 6) is 0.554. The van der Waals surface area contributed by atoms with E-state index in [0.29, 0.717) is 12.4 Å². The molecule has 1 aliphatic heterocycles. The van der Waals surface area contributed by atoms with Crippen LogP contribution in [0.2, 0.25) is 0 Å². The van der Waals surface area contributed by atoms with E-state index < -0.39 is 0 Å². The maximum Gasteiger partial charge on any atom is 0.323 e. The Morgan fingerprint density at radius 3 is 3.24 bits per heavy atom. The molecule has 1 unspecified atom stereocenters. The number of likely N-dealkylation sites (tertiary alicyclic amines) is 1. The van der Waals surface area contributed by atoms with Crippen molar-refractivity contribution in [2.45, 2.75) is 25.8 Å². The quantitative estimate of drug-likeness (QED) is 0.813. The second kappa shape index (κ2) is 5.14. The maximum absolute atomic E-state index is 12.0. The first-order valence-corrected chi connectivity index (χ1v) is 5.82. The molecule has 5 heteroatoms. The molecular weight excluding hydrogens is 218 g/mol. The van der Waals surface area contributed by atoms with Crippen molar-refractivity contribution in [3.63, 3.8) is 0 Å². The first-order valence-electron chi connectivity index (χ1n) is 5.82. The molecule has 0 radical (unpaired) electrons. The summed E-state index contributed by atoms with van der Waals surface area (Å²) >= 11 is 0. The lowest BCUT2D eigenvalue weighted by Crippen LogP contribution is -2.40. The number of aliphatic hydroxyl groups is 1. The van der Waals surface area contributed by atoms with Gasteiger partial charge < -0.3 is 10.0 Å². The van der Waals surface area contributed by atoms with Gasteiger partial charge in [0.05, 0.1) is 12.6 Å².